The number of rotatable bonds is 3. The number of esters is 1. The lowest BCUT2D eigenvalue weighted by Crippen LogP contribution is -2.05. The monoisotopic (exact) mass is 311 g/mol. The highest BCUT2D eigenvalue weighted by atomic mass is 35.5. The van der Waals surface area contributed by atoms with Crippen LogP contribution >= 0.6 is 11.6 Å². The van der Waals surface area contributed by atoms with Crippen LogP contribution in [0.25, 0.3) is 0 Å². The zero-order chi connectivity index (χ0) is 15.5. The number of cyclic esters (lactones) is 1. The van der Waals surface area contributed by atoms with Gasteiger partial charge >= 0.3 is 5.97 Å². The minimum absolute atomic E-state index is 0.0242. The van der Waals surface area contributed by atoms with Crippen molar-refractivity contribution in [2.24, 2.45) is 4.99 Å². The van der Waals surface area contributed by atoms with E-state index in [9.17, 15) is 9.59 Å². The van der Waals surface area contributed by atoms with Crippen molar-refractivity contribution < 1.29 is 14.3 Å². The van der Waals surface area contributed by atoms with Crippen molar-refractivity contribution in [3.8, 4) is 0 Å². The molecule has 1 aliphatic rings. The van der Waals surface area contributed by atoms with Crippen LogP contribution in [0.5, 0.6) is 0 Å². The van der Waals surface area contributed by atoms with Crippen molar-refractivity contribution in [1.82, 2.24) is 0 Å². The molecule has 0 N–H and O–H groups in total. The Morgan fingerprint density at radius 1 is 1.09 bits per heavy atom. The molecule has 3 rings (SSSR count). The number of ketones is 1. The van der Waals surface area contributed by atoms with Gasteiger partial charge < -0.3 is 4.74 Å². The zero-order valence-corrected chi connectivity index (χ0v) is 12.1. The van der Waals surface area contributed by atoms with E-state index in [4.69, 9.17) is 16.3 Å². The van der Waals surface area contributed by atoms with Crippen LogP contribution in [0.15, 0.2) is 71.4 Å². The summed E-state index contributed by atoms with van der Waals surface area (Å²) in [7, 11) is 0. The van der Waals surface area contributed by atoms with Crippen LogP contribution in [0, 0.1) is 0 Å². The number of nitrogens with zero attached hydrogens (tertiary/aromatic N) is 1. The second-order valence-corrected chi connectivity index (χ2v) is 5.01. The summed E-state index contributed by atoms with van der Waals surface area (Å²) in [6.07, 6.45) is 1.16. The molecule has 0 bridgehead atoms. The Balaban J connectivity index is 1.89. The van der Waals surface area contributed by atoms with E-state index in [2.05, 4.69) is 4.99 Å². The van der Waals surface area contributed by atoms with Crippen molar-refractivity contribution in [3.05, 3.63) is 82.5 Å². The van der Waals surface area contributed by atoms with Gasteiger partial charge in [-0.3, -0.25) is 4.79 Å². The second kappa shape index (κ2) is 5.95. The number of halogens is 1. The number of allylic oxidation sites excluding steroid dienone is 1. The molecule has 0 saturated heterocycles. The van der Waals surface area contributed by atoms with Gasteiger partial charge in [0.05, 0.1) is 0 Å². The normalized spacial score (nSPS) is 15.6. The smallest absolute Gasteiger partial charge is 0.363 e. The molecule has 0 fully saturated rings. The SMILES string of the molecule is O=C1OC(c2ccccc2)=N/C1=C\C(=O)c1cccc(Cl)c1. The molecule has 0 spiro atoms. The Kier molecular flexibility index (Phi) is 3.85. The second-order valence-electron chi connectivity index (χ2n) is 4.58. The first-order chi connectivity index (χ1) is 10.6. The van der Waals surface area contributed by atoms with Crippen LogP contribution < -0.4 is 0 Å². The summed E-state index contributed by atoms with van der Waals surface area (Å²) in [6.45, 7) is 0. The van der Waals surface area contributed by atoms with Crippen LogP contribution in [0.2, 0.25) is 5.02 Å². The average Bonchev–Trinajstić information content (AvgIpc) is 2.89. The first kappa shape index (κ1) is 14.2. The van der Waals surface area contributed by atoms with Crippen molar-refractivity contribution >= 4 is 29.3 Å². The molecule has 0 aromatic heterocycles. The fourth-order valence-electron chi connectivity index (χ4n) is 1.96. The van der Waals surface area contributed by atoms with Gasteiger partial charge in [-0.1, -0.05) is 41.9 Å². The molecular weight excluding hydrogens is 302 g/mol. The summed E-state index contributed by atoms with van der Waals surface area (Å²) in [5.74, 6) is -0.808. The van der Waals surface area contributed by atoms with E-state index in [1.165, 1.54) is 6.07 Å². The Morgan fingerprint density at radius 3 is 2.59 bits per heavy atom. The number of hydrogen-bond acceptors (Lipinski definition) is 4. The molecule has 108 valence electrons. The summed E-state index contributed by atoms with van der Waals surface area (Å²) in [4.78, 5) is 28.0. The first-order valence-corrected chi connectivity index (χ1v) is 6.89. The minimum Gasteiger partial charge on any atom is -0.402 e. The molecule has 22 heavy (non-hydrogen) atoms. The molecule has 0 aliphatic carbocycles. The lowest BCUT2D eigenvalue weighted by molar-refractivity contribution is -0.130. The van der Waals surface area contributed by atoms with E-state index in [1.807, 2.05) is 18.2 Å². The molecular formula is C17H10ClNO3. The van der Waals surface area contributed by atoms with E-state index in [1.54, 1.807) is 30.3 Å². The molecule has 0 radical (unpaired) electrons. The summed E-state index contributed by atoms with van der Waals surface area (Å²) in [6, 6.07) is 15.5. The van der Waals surface area contributed by atoms with Crippen molar-refractivity contribution in [2.45, 2.75) is 0 Å². The fourth-order valence-corrected chi connectivity index (χ4v) is 2.15. The Labute approximate surface area is 131 Å². The number of aliphatic imine (C=N–C) groups is 1. The number of carbonyl (C=O) groups excluding carboxylic acids is 2. The van der Waals surface area contributed by atoms with Gasteiger partial charge in [-0.25, -0.2) is 9.79 Å². The molecule has 0 amide bonds. The first-order valence-electron chi connectivity index (χ1n) is 6.51. The Bertz CT molecular complexity index is 810. The van der Waals surface area contributed by atoms with Gasteiger partial charge in [0.2, 0.25) is 5.90 Å². The fraction of sp³-hybridized carbons (Fsp3) is 0. The molecule has 1 heterocycles. The van der Waals surface area contributed by atoms with E-state index in [-0.39, 0.29) is 17.4 Å². The van der Waals surface area contributed by atoms with E-state index < -0.39 is 5.97 Å². The van der Waals surface area contributed by atoms with Crippen LogP contribution in [-0.2, 0) is 9.53 Å². The highest BCUT2D eigenvalue weighted by Crippen LogP contribution is 2.18. The molecule has 5 heteroatoms. The molecule has 4 nitrogen and oxygen atoms in total. The number of benzene rings is 2. The van der Waals surface area contributed by atoms with Crippen LogP contribution in [0.3, 0.4) is 0 Å². The van der Waals surface area contributed by atoms with Crippen molar-refractivity contribution in [3.63, 3.8) is 0 Å². The summed E-state index contributed by atoms with van der Waals surface area (Å²) < 4.78 is 5.08. The van der Waals surface area contributed by atoms with E-state index in [0.29, 0.717) is 16.1 Å². The lowest BCUT2D eigenvalue weighted by atomic mass is 10.1. The van der Waals surface area contributed by atoms with Gasteiger partial charge in [0.15, 0.2) is 11.5 Å². The van der Waals surface area contributed by atoms with Crippen molar-refractivity contribution in [2.75, 3.05) is 0 Å². The summed E-state index contributed by atoms with van der Waals surface area (Å²) >= 11 is 5.85. The number of carbonyl (C=O) groups is 2. The quantitative estimate of drug-likeness (QED) is 0.496. The van der Waals surface area contributed by atoms with Gasteiger partial charge in [0, 0.05) is 22.2 Å². The summed E-state index contributed by atoms with van der Waals surface area (Å²) in [5.41, 5.74) is 1.04. The Morgan fingerprint density at radius 2 is 1.86 bits per heavy atom. The van der Waals surface area contributed by atoms with E-state index >= 15 is 0 Å². The van der Waals surface area contributed by atoms with Gasteiger partial charge in [0.25, 0.3) is 0 Å². The maximum atomic E-state index is 12.1. The topological polar surface area (TPSA) is 55.7 Å². The molecule has 2 aromatic rings. The summed E-state index contributed by atoms with van der Waals surface area (Å²) in [5, 5.41) is 0.451. The maximum Gasteiger partial charge on any atom is 0.363 e. The van der Waals surface area contributed by atoms with Crippen LogP contribution in [0.1, 0.15) is 15.9 Å². The molecule has 2 aromatic carbocycles. The van der Waals surface area contributed by atoms with Crippen LogP contribution in [-0.4, -0.2) is 17.7 Å². The molecule has 0 saturated carbocycles. The lowest BCUT2D eigenvalue weighted by Gasteiger charge is -1.97. The van der Waals surface area contributed by atoms with Gasteiger partial charge in [-0.05, 0) is 24.3 Å². The molecule has 1 aliphatic heterocycles. The predicted octanol–water partition coefficient (Wildman–Crippen LogP) is 3.41. The highest BCUT2D eigenvalue weighted by molar-refractivity contribution is 6.31. The predicted molar refractivity (Wildman–Crippen MR) is 82.9 cm³/mol. The largest absolute Gasteiger partial charge is 0.402 e. The van der Waals surface area contributed by atoms with Crippen LogP contribution in [0.4, 0.5) is 0 Å². The molecule has 0 atom stereocenters. The average molecular weight is 312 g/mol. The highest BCUT2D eigenvalue weighted by Gasteiger charge is 2.25. The van der Waals surface area contributed by atoms with E-state index in [0.717, 1.165) is 6.08 Å². The number of ether oxygens (including phenoxy) is 1. The number of hydrogen-bond donors (Lipinski definition) is 0. The third kappa shape index (κ3) is 2.97. The maximum absolute atomic E-state index is 12.1. The van der Waals surface area contributed by atoms with Gasteiger partial charge in [-0.15, -0.1) is 0 Å². The van der Waals surface area contributed by atoms with Gasteiger partial charge in [-0.2, -0.15) is 0 Å². The third-order valence-electron chi connectivity index (χ3n) is 3.02. The zero-order valence-electron chi connectivity index (χ0n) is 11.3. The minimum atomic E-state index is -0.644. The molecule has 0 unspecified atom stereocenters. The van der Waals surface area contributed by atoms with Crippen molar-refractivity contribution in [1.29, 1.82) is 0 Å². The Hall–Kier alpha value is -2.72. The standard InChI is InChI=1S/C17H10ClNO3/c18-13-8-4-7-12(9-13)15(20)10-14-17(21)22-16(19-14)11-5-2-1-3-6-11/h1-10H/b14-10-. The van der Waals surface area contributed by atoms with Gasteiger partial charge in [0.1, 0.15) is 0 Å². The third-order valence-corrected chi connectivity index (χ3v) is 3.25.